The minimum Gasteiger partial charge on any atom is -0.481 e. The van der Waals surface area contributed by atoms with Gasteiger partial charge in [0, 0.05) is 11.1 Å². The molecule has 4 nitrogen and oxygen atoms in total. The number of aromatic amines is 1. The maximum atomic E-state index is 11.7. The van der Waals surface area contributed by atoms with E-state index in [4.69, 9.17) is 16.3 Å². The van der Waals surface area contributed by atoms with Gasteiger partial charge in [-0.3, -0.25) is 0 Å². The first kappa shape index (κ1) is 13.4. The van der Waals surface area contributed by atoms with Crippen LogP contribution in [0.3, 0.4) is 0 Å². The van der Waals surface area contributed by atoms with Crippen LogP contribution >= 0.6 is 11.6 Å². The number of halogens is 1. The standard InChI is InChI=1S/C14H13ClN2O2/c1-10-8-11(15)5-6-12(10)19-9-14(18)17-13-4-2-3-7-16-13/h2-8H,9H2,1H3,(H,16,17,18)/p+1. The van der Waals surface area contributed by atoms with E-state index in [1.807, 2.05) is 19.1 Å². The van der Waals surface area contributed by atoms with E-state index in [0.717, 1.165) is 5.56 Å². The van der Waals surface area contributed by atoms with Crippen LogP contribution in [0.5, 0.6) is 5.75 Å². The fourth-order valence-corrected chi connectivity index (χ4v) is 1.80. The molecular weight excluding hydrogens is 264 g/mol. The van der Waals surface area contributed by atoms with Gasteiger partial charge in [-0.1, -0.05) is 17.7 Å². The molecule has 19 heavy (non-hydrogen) atoms. The van der Waals surface area contributed by atoms with Crippen molar-refractivity contribution in [2.45, 2.75) is 6.92 Å². The van der Waals surface area contributed by atoms with Crippen molar-refractivity contribution < 1.29 is 14.5 Å². The summed E-state index contributed by atoms with van der Waals surface area (Å²) in [6.07, 6.45) is 1.74. The first-order chi connectivity index (χ1) is 9.15. The topological polar surface area (TPSA) is 52.5 Å². The molecule has 2 N–H and O–H groups in total. The highest BCUT2D eigenvalue weighted by Gasteiger charge is 2.11. The molecule has 0 aliphatic carbocycles. The van der Waals surface area contributed by atoms with Gasteiger partial charge in [-0.2, -0.15) is 0 Å². The predicted octanol–water partition coefficient (Wildman–Crippen LogP) is 2.48. The number of carbonyl (C=O) groups is 1. The molecule has 5 heteroatoms. The van der Waals surface area contributed by atoms with Gasteiger partial charge in [0.25, 0.3) is 5.82 Å². The zero-order valence-corrected chi connectivity index (χ0v) is 11.2. The molecule has 1 aromatic heterocycles. The number of hydrogen-bond acceptors (Lipinski definition) is 2. The van der Waals surface area contributed by atoms with E-state index >= 15 is 0 Å². The molecule has 0 atom stereocenters. The molecule has 0 saturated heterocycles. The van der Waals surface area contributed by atoms with Crippen molar-refractivity contribution in [1.82, 2.24) is 0 Å². The summed E-state index contributed by atoms with van der Waals surface area (Å²) < 4.78 is 5.44. The summed E-state index contributed by atoms with van der Waals surface area (Å²) in [5, 5.41) is 3.34. The highest BCUT2D eigenvalue weighted by Crippen LogP contribution is 2.21. The molecule has 0 aliphatic rings. The second-order valence-electron chi connectivity index (χ2n) is 4.02. The Kier molecular flexibility index (Phi) is 4.36. The summed E-state index contributed by atoms with van der Waals surface area (Å²) in [6, 6.07) is 10.7. The Morgan fingerprint density at radius 2 is 2.21 bits per heavy atom. The van der Waals surface area contributed by atoms with Crippen molar-refractivity contribution in [2.75, 3.05) is 11.9 Å². The SMILES string of the molecule is Cc1cc(Cl)ccc1OCC(=O)Nc1cccc[nH+]1. The highest BCUT2D eigenvalue weighted by molar-refractivity contribution is 6.30. The van der Waals surface area contributed by atoms with Crippen molar-refractivity contribution in [1.29, 1.82) is 0 Å². The van der Waals surface area contributed by atoms with Crippen LogP contribution in [-0.4, -0.2) is 12.5 Å². The molecule has 1 amide bonds. The van der Waals surface area contributed by atoms with Crippen LogP contribution in [0.25, 0.3) is 0 Å². The third kappa shape index (κ3) is 3.96. The smallest absolute Gasteiger partial charge is 0.345 e. The van der Waals surface area contributed by atoms with Gasteiger partial charge in [0.15, 0.2) is 6.61 Å². The molecule has 0 fully saturated rings. The van der Waals surface area contributed by atoms with Crippen LogP contribution in [-0.2, 0) is 4.79 Å². The maximum absolute atomic E-state index is 11.7. The number of ether oxygens (including phenoxy) is 1. The zero-order valence-electron chi connectivity index (χ0n) is 10.4. The number of anilines is 1. The Morgan fingerprint density at radius 3 is 2.89 bits per heavy atom. The largest absolute Gasteiger partial charge is 0.481 e. The van der Waals surface area contributed by atoms with E-state index in [0.29, 0.717) is 16.6 Å². The zero-order chi connectivity index (χ0) is 13.7. The van der Waals surface area contributed by atoms with Gasteiger partial charge in [-0.25, -0.2) is 15.1 Å². The maximum Gasteiger partial charge on any atom is 0.345 e. The summed E-state index contributed by atoms with van der Waals surface area (Å²) in [6.45, 7) is 1.83. The van der Waals surface area contributed by atoms with Gasteiger partial charge in [-0.05, 0) is 36.8 Å². The number of amides is 1. The van der Waals surface area contributed by atoms with E-state index in [1.54, 1.807) is 30.5 Å². The highest BCUT2D eigenvalue weighted by atomic mass is 35.5. The first-order valence-electron chi connectivity index (χ1n) is 5.80. The summed E-state index contributed by atoms with van der Waals surface area (Å²) in [5.41, 5.74) is 0.895. The lowest BCUT2D eigenvalue weighted by Crippen LogP contribution is -2.24. The van der Waals surface area contributed by atoms with Gasteiger partial charge >= 0.3 is 5.91 Å². The fourth-order valence-electron chi connectivity index (χ4n) is 1.58. The summed E-state index contributed by atoms with van der Waals surface area (Å²) in [7, 11) is 0. The summed E-state index contributed by atoms with van der Waals surface area (Å²) in [4.78, 5) is 14.6. The number of carbonyl (C=O) groups excluding carboxylic acids is 1. The molecule has 2 rings (SSSR count). The van der Waals surface area contributed by atoms with Gasteiger partial charge in [0.1, 0.15) is 5.75 Å². The lowest BCUT2D eigenvalue weighted by atomic mass is 10.2. The monoisotopic (exact) mass is 277 g/mol. The van der Waals surface area contributed by atoms with E-state index in [2.05, 4.69) is 10.3 Å². The first-order valence-corrected chi connectivity index (χ1v) is 6.18. The van der Waals surface area contributed by atoms with Crippen LogP contribution in [0.2, 0.25) is 5.02 Å². The lowest BCUT2D eigenvalue weighted by Gasteiger charge is -2.07. The fraction of sp³-hybridized carbons (Fsp3) is 0.143. The van der Waals surface area contributed by atoms with Crippen LogP contribution < -0.4 is 15.0 Å². The van der Waals surface area contributed by atoms with E-state index in [9.17, 15) is 4.79 Å². The lowest BCUT2D eigenvalue weighted by molar-refractivity contribution is -0.360. The Labute approximate surface area is 116 Å². The van der Waals surface area contributed by atoms with Gasteiger partial charge in [0.05, 0.1) is 6.20 Å². The number of H-pyrrole nitrogens is 1. The van der Waals surface area contributed by atoms with Gasteiger partial charge < -0.3 is 4.74 Å². The van der Waals surface area contributed by atoms with Crippen molar-refractivity contribution in [3.05, 3.63) is 53.2 Å². The molecule has 0 unspecified atom stereocenters. The van der Waals surface area contributed by atoms with Crippen LogP contribution in [0.4, 0.5) is 5.82 Å². The molecule has 2 aromatic rings. The molecule has 98 valence electrons. The van der Waals surface area contributed by atoms with Crippen LogP contribution in [0, 0.1) is 6.92 Å². The number of nitrogens with one attached hydrogen (secondary N) is 2. The number of benzene rings is 1. The molecule has 0 saturated carbocycles. The van der Waals surface area contributed by atoms with Crippen molar-refractivity contribution >= 4 is 23.3 Å². The quantitative estimate of drug-likeness (QED) is 0.933. The van der Waals surface area contributed by atoms with Crippen molar-refractivity contribution in [3.63, 3.8) is 0 Å². The number of aryl methyl sites for hydroxylation is 1. The number of rotatable bonds is 4. The summed E-state index contributed by atoms with van der Waals surface area (Å²) in [5.74, 6) is 1.05. The Morgan fingerprint density at radius 1 is 1.37 bits per heavy atom. The number of pyridine rings is 1. The van der Waals surface area contributed by atoms with Crippen molar-refractivity contribution in [3.8, 4) is 5.75 Å². The normalized spacial score (nSPS) is 10.0. The molecule has 0 spiro atoms. The van der Waals surface area contributed by atoms with Crippen molar-refractivity contribution in [2.24, 2.45) is 0 Å². The molecule has 0 bridgehead atoms. The molecule has 1 heterocycles. The summed E-state index contributed by atoms with van der Waals surface area (Å²) >= 11 is 5.85. The second-order valence-corrected chi connectivity index (χ2v) is 4.46. The van der Waals surface area contributed by atoms with Gasteiger partial charge in [0.2, 0.25) is 0 Å². The third-order valence-corrected chi connectivity index (χ3v) is 2.71. The molecule has 0 radical (unpaired) electrons. The Hall–Kier alpha value is -2.07. The van der Waals surface area contributed by atoms with Crippen LogP contribution in [0.1, 0.15) is 5.56 Å². The number of hydrogen-bond donors (Lipinski definition) is 1. The predicted molar refractivity (Wildman–Crippen MR) is 73.3 cm³/mol. The van der Waals surface area contributed by atoms with Crippen LogP contribution in [0.15, 0.2) is 42.6 Å². The minimum absolute atomic E-state index is 0.0504. The second kappa shape index (κ2) is 6.20. The van der Waals surface area contributed by atoms with E-state index < -0.39 is 0 Å². The average Bonchev–Trinajstić information content (AvgIpc) is 2.39. The molecule has 0 aliphatic heterocycles. The Bertz CT molecular complexity index is 573. The van der Waals surface area contributed by atoms with E-state index in [1.165, 1.54) is 0 Å². The molecular formula is C14H14ClN2O2+. The Balaban J connectivity index is 1.90. The molecule has 1 aromatic carbocycles. The minimum atomic E-state index is -0.225. The van der Waals surface area contributed by atoms with E-state index in [-0.39, 0.29) is 12.5 Å². The third-order valence-electron chi connectivity index (χ3n) is 2.48. The average molecular weight is 278 g/mol. The van der Waals surface area contributed by atoms with Gasteiger partial charge in [-0.15, -0.1) is 0 Å². The number of aromatic nitrogens is 1.